The van der Waals surface area contributed by atoms with Gasteiger partial charge in [0.05, 0.1) is 11.8 Å². The van der Waals surface area contributed by atoms with Gasteiger partial charge in [-0.3, -0.25) is 9.78 Å². The van der Waals surface area contributed by atoms with E-state index in [0.29, 0.717) is 0 Å². The Morgan fingerprint density at radius 3 is 2.60 bits per heavy atom. The SMILES string of the molecule is O=C(c1ncccn1)c1ccncc1O. The van der Waals surface area contributed by atoms with E-state index >= 15 is 0 Å². The summed E-state index contributed by atoms with van der Waals surface area (Å²) in [6, 6.07) is 3.04. The fourth-order valence-electron chi connectivity index (χ4n) is 1.11. The second kappa shape index (κ2) is 3.83. The van der Waals surface area contributed by atoms with Crippen LogP contribution in [0.3, 0.4) is 0 Å². The maximum absolute atomic E-state index is 11.8. The summed E-state index contributed by atoms with van der Waals surface area (Å²) in [6.07, 6.45) is 5.57. The summed E-state index contributed by atoms with van der Waals surface area (Å²) in [6.45, 7) is 0. The number of aromatic nitrogens is 3. The molecule has 0 atom stereocenters. The third-order valence-electron chi connectivity index (χ3n) is 1.81. The van der Waals surface area contributed by atoms with Gasteiger partial charge in [-0.1, -0.05) is 0 Å². The number of carbonyl (C=O) groups excluding carboxylic acids is 1. The van der Waals surface area contributed by atoms with Gasteiger partial charge in [-0.25, -0.2) is 9.97 Å². The largest absolute Gasteiger partial charge is 0.506 e. The smallest absolute Gasteiger partial charge is 0.234 e. The summed E-state index contributed by atoms with van der Waals surface area (Å²) in [4.78, 5) is 23.0. The zero-order chi connectivity index (χ0) is 10.7. The highest BCUT2D eigenvalue weighted by Crippen LogP contribution is 2.16. The molecule has 0 aliphatic carbocycles. The van der Waals surface area contributed by atoms with Crippen molar-refractivity contribution in [2.75, 3.05) is 0 Å². The molecule has 0 unspecified atom stereocenters. The number of aromatic hydroxyl groups is 1. The predicted octanol–water partition coefficient (Wildman–Crippen LogP) is 0.808. The van der Waals surface area contributed by atoms with Gasteiger partial charge in [0, 0.05) is 18.6 Å². The van der Waals surface area contributed by atoms with Crippen molar-refractivity contribution in [2.45, 2.75) is 0 Å². The molecule has 2 heterocycles. The van der Waals surface area contributed by atoms with Gasteiger partial charge in [0.25, 0.3) is 0 Å². The Morgan fingerprint density at radius 1 is 1.20 bits per heavy atom. The lowest BCUT2D eigenvalue weighted by Crippen LogP contribution is -2.06. The Labute approximate surface area is 85.5 Å². The maximum atomic E-state index is 11.8. The number of nitrogens with zero attached hydrogens (tertiary/aromatic N) is 3. The van der Waals surface area contributed by atoms with Gasteiger partial charge in [0.2, 0.25) is 11.6 Å². The van der Waals surface area contributed by atoms with E-state index in [0.717, 1.165) is 0 Å². The normalized spacial score (nSPS) is 9.87. The van der Waals surface area contributed by atoms with Crippen LogP contribution in [0.1, 0.15) is 16.2 Å². The summed E-state index contributed by atoms with van der Waals surface area (Å²) >= 11 is 0. The Kier molecular flexibility index (Phi) is 2.37. The van der Waals surface area contributed by atoms with Crippen molar-refractivity contribution in [2.24, 2.45) is 0 Å². The average molecular weight is 201 g/mol. The molecule has 0 radical (unpaired) electrons. The topological polar surface area (TPSA) is 76.0 Å². The zero-order valence-electron chi connectivity index (χ0n) is 7.66. The van der Waals surface area contributed by atoms with E-state index in [1.54, 1.807) is 6.07 Å². The van der Waals surface area contributed by atoms with Gasteiger partial charge in [0.15, 0.2) is 0 Å². The first-order valence-electron chi connectivity index (χ1n) is 4.24. The molecular weight excluding hydrogens is 194 g/mol. The fraction of sp³-hybridized carbons (Fsp3) is 0. The first-order chi connectivity index (χ1) is 7.29. The molecule has 5 nitrogen and oxygen atoms in total. The quantitative estimate of drug-likeness (QED) is 0.727. The second-order valence-corrected chi connectivity index (χ2v) is 2.79. The molecule has 0 aliphatic heterocycles. The minimum absolute atomic E-state index is 0.0546. The van der Waals surface area contributed by atoms with Crippen LogP contribution in [0.4, 0.5) is 0 Å². The number of ketones is 1. The van der Waals surface area contributed by atoms with Crippen LogP contribution in [-0.2, 0) is 0 Å². The zero-order valence-corrected chi connectivity index (χ0v) is 7.66. The first-order valence-corrected chi connectivity index (χ1v) is 4.24. The summed E-state index contributed by atoms with van der Waals surface area (Å²) in [5, 5.41) is 9.40. The molecule has 0 spiro atoms. The Morgan fingerprint density at radius 2 is 1.93 bits per heavy atom. The first kappa shape index (κ1) is 9.26. The molecule has 2 aromatic rings. The molecule has 0 aliphatic rings. The van der Waals surface area contributed by atoms with Crippen molar-refractivity contribution in [3.05, 3.63) is 48.3 Å². The van der Waals surface area contributed by atoms with E-state index in [-0.39, 0.29) is 17.1 Å². The van der Waals surface area contributed by atoms with Crippen LogP contribution in [-0.4, -0.2) is 25.8 Å². The summed E-state index contributed by atoms with van der Waals surface area (Å²) < 4.78 is 0. The standard InChI is InChI=1S/C10H7N3O2/c14-8-6-11-5-2-7(8)9(15)10-12-3-1-4-13-10/h1-6,14H. The van der Waals surface area contributed by atoms with Crippen LogP contribution in [0, 0.1) is 0 Å². The second-order valence-electron chi connectivity index (χ2n) is 2.79. The minimum Gasteiger partial charge on any atom is -0.506 e. The van der Waals surface area contributed by atoms with E-state index < -0.39 is 5.78 Å². The molecule has 15 heavy (non-hydrogen) atoms. The van der Waals surface area contributed by atoms with Crippen molar-refractivity contribution in [1.29, 1.82) is 0 Å². The van der Waals surface area contributed by atoms with E-state index in [1.165, 1.54) is 30.9 Å². The van der Waals surface area contributed by atoms with Crippen molar-refractivity contribution in [3.8, 4) is 5.75 Å². The molecule has 0 saturated heterocycles. The summed E-state index contributed by atoms with van der Waals surface area (Å²) in [5.74, 6) is -0.538. The lowest BCUT2D eigenvalue weighted by molar-refractivity contribution is 0.102. The monoisotopic (exact) mass is 201 g/mol. The fourth-order valence-corrected chi connectivity index (χ4v) is 1.11. The van der Waals surface area contributed by atoms with Gasteiger partial charge in [-0.05, 0) is 12.1 Å². The molecule has 0 amide bonds. The summed E-state index contributed by atoms with van der Waals surface area (Å²) in [5.41, 5.74) is 0.149. The highest BCUT2D eigenvalue weighted by molar-refractivity contribution is 6.08. The maximum Gasteiger partial charge on any atom is 0.234 e. The third-order valence-corrected chi connectivity index (χ3v) is 1.81. The highest BCUT2D eigenvalue weighted by atomic mass is 16.3. The molecular formula is C10H7N3O2. The molecule has 74 valence electrons. The molecule has 0 fully saturated rings. The van der Waals surface area contributed by atoms with Crippen LogP contribution in [0.25, 0.3) is 0 Å². The molecule has 0 bridgehead atoms. The van der Waals surface area contributed by atoms with Gasteiger partial charge >= 0.3 is 0 Å². The van der Waals surface area contributed by atoms with Gasteiger partial charge in [-0.15, -0.1) is 0 Å². The lowest BCUT2D eigenvalue weighted by Gasteiger charge is -2.00. The molecule has 2 rings (SSSR count). The van der Waals surface area contributed by atoms with Crippen molar-refractivity contribution >= 4 is 5.78 Å². The molecule has 2 aromatic heterocycles. The van der Waals surface area contributed by atoms with E-state index in [9.17, 15) is 9.90 Å². The Balaban J connectivity index is 2.42. The van der Waals surface area contributed by atoms with Crippen LogP contribution in [0.2, 0.25) is 0 Å². The molecule has 1 N–H and O–H groups in total. The van der Waals surface area contributed by atoms with Crippen molar-refractivity contribution in [3.63, 3.8) is 0 Å². The number of pyridine rings is 1. The average Bonchev–Trinajstić information content (AvgIpc) is 2.30. The number of hydrogen-bond donors (Lipinski definition) is 1. The Bertz CT molecular complexity index is 485. The third kappa shape index (κ3) is 1.80. The highest BCUT2D eigenvalue weighted by Gasteiger charge is 2.15. The number of carbonyl (C=O) groups is 1. The van der Waals surface area contributed by atoms with Crippen molar-refractivity contribution < 1.29 is 9.90 Å². The minimum atomic E-state index is -0.421. The van der Waals surface area contributed by atoms with Gasteiger partial charge in [0.1, 0.15) is 5.75 Å². The van der Waals surface area contributed by atoms with Crippen LogP contribution in [0.15, 0.2) is 36.9 Å². The lowest BCUT2D eigenvalue weighted by atomic mass is 10.1. The number of rotatable bonds is 2. The predicted molar refractivity (Wildman–Crippen MR) is 51.4 cm³/mol. The molecule has 0 aromatic carbocycles. The summed E-state index contributed by atoms with van der Waals surface area (Å²) in [7, 11) is 0. The van der Waals surface area contributed by atoms with Crippen molar-refractivity contribution in [1.82, 2.24) is 15.0 Å². The van der Waals surface area contributed by atoms with Crippen LogP contribution in [0.5, 0.6) is 5.75 Å². The van der Waals surface area contributed by atoms with Gasteiger partial charge < -0.3 is 5.11 Å². The van der Waals surface area contributed by atoms with Gasteiger partial charge in [-0.2, -0.15) is 0 Å². The molecule has 0 saturated carbocycles. The van der Waals surface area contributed by atoms with Crippen LogP contribution < -0.4 is 0 Å². The van der Waals surface area contributed by atoms with Crippen LogP contribution >= 0.6 is 0 Å². The van der Waals surface area contributed by atoms with E-state index in [2.05, 4.69) is 15.0 Å². The Hall–Kier alpha value is -2.30. The van der Waals surface area contributed by atoms with E-state index in [4.69, 9.17) is 0 Å². The van der Waals surface area contributed by atoms with E-state index in [1.807, 2.05) is 0 Å². The number of hydrogen-bond acceptors (Lipinski definition) is 5. The molecule has 5 heteroatoms.